The van der Waals surface area contributed by atoms with Gasteiger partial charge in [0.2, 0.25) is 0 Å². The maximum Gasteiger partial charge on any atom is 0.302 e. The SMILES string of the molecule is COc1ccc(C)c2c1C1=C(C2)C2=CCC[C@@H](OC(C)=O)[C@]2(C)CC1. The number of allylic oxidation sites excluding steroid dienone is 3. The van der Waals surface area contributed by atoms with Crippen LogP contribution in [0.3, 0.4) is 0 Å². The van der Waals surface area contributed by atoms with Gasteiger partial charge in [0.15, 0.2) is 0 Å². The molecule has 3 heteroatoms. The molecular formula is C22H26O3. The van der Waals surface area contributed by atoms with Crippen LogP contribution < -0.4 is 4.74 Å². The number of hydrogen-bond acceptors (Lipinski definition) is 3. The Balaban J connectivity index is 1.80. The lowest BCUT2D eigenvalue weighted by atomic mass is 9.62. The number of aryl methyl sites for hydroxylation is 1. The first-order valence-electron chi connectivity index (χ1n) is 9.23. The highest BCUT2D eigenvalue weighted by molar-refractivity contribution is 5.85. The quantitative estimate of drug-likeness (QED) is 0.729. The summed E-state index contributed by atoms with van der Waals surface area (Å²) in [6, 6.07) is 4.25. The van der Waals surface area contributed by atoms with Crippen molar-refractivity contribution in [3.8, 4) is 5.75 Å². The molecule has 0 heterocycles. The molecule has 0 fully saturated rings. The summed E-state index contributed by atoms with van der Waals surface area (Å²) in [6.45, 7) is 5.99. The summed E-state index contributed by atoms with van der Waals surface area (Å²) in [5, 5.41) is 0. The number of methoxy groups -OCH3 is 1. The van der Waals surface area contributed by atoms with Crippen LogP contribution in [-0.4, -0.2) is 19.2 Å². The predicted octanol–water partition coefficient (Wildman–Crippen LogP) is 4.77. The third kappa shape index (κ3) is 2.36. The molecule has 1 aromatic carbocycles. The summed E-state index contributed by atoms with van der Waals surface area (Å²) in [5.74, 6) is 0.821. The largest absolute Gasteiger partial charge is 0.496 e. The fourth-order valence-corrected chi connectivity index (χ4v) is 5.07. The van der Waals surface area contributed by atoms with Crippen LogP contribution >= 0.6 is 0 Å². The molecule has 0 bridgehead atoms. The van der Waals surface area contributed by atoms with Gasteiger partial charge < -0.3 is 9.47 Å². The Kier molecular flexibility index (Phi) is 3.78. The van der Waals surface area contributed by atoms with Crippen molar-refractivity contribution in [1.82, 2.24) is 0 Å². The summed E-state index contributed by atoms with van der Waals surface area (Å²) in [5.41, 5.74) is 8.30. The molecule has 0 unspecified atom stereocenters. The van der Waals surface area contributed by atoms with E-state index in [2.05, 4.69) is 32.1 Å². The number of ether oxygens (including phenoxy) is 2. The van der Waals surface area contributed by atoms with Crippen molar-refractivity contribution in [2.24, 2.45) is 5.41 Å². The van der Waals surface area contributed by atoms with E-state index in [1.807, 2.05) is 0 Å². The number of carbonyl (C=O) groups excluding carboxylic acids is 1. The van der Waals surface area contributed by atoms with Crippen molar-refractivity contribution >= 4 is 11.5 Å². The van der Waals surface area contributed by atoms with Gasteiger partial charge in [0.1, 0.15) is 11.9 Å². The van der Waals surface area contributed by atoms with Gasteiger partial charge in [-0.15, -0.1) is 0 Å². The molecule has 0 amide bonds. The van der Waals surface area contributed by atoms with Crippen molar-refractivity contribution in [3.63, 3.8) is 0 Å². The highest BCUT2D eigenvalue weighted by atomic mass is 16.5. The van der Waals surface area contributed by atoms with Crippen LogP contribution in [0.25, 0.3) is 5.57 Å². The third-order valence-electron chi connectivity index (χ3n) is 6.38. The van der Waals surface area contributed by atoms with E-state index in [0.717, 1.165) is 37.9 Å². The monoisotopic (exact) mass is 338 g/mol. The second-order valence-corrected chi connectivity index (χ2v) is 7.78. The van der Waals surface area contributed by atoms with E-state index in [1.165, 1.54) is 40.3 Å². The molecule has 132 valence electrons. The smallest absolute Gasteiger partial charge is 0.302 e. The molecule has 3 aliphatic rings. The second-order valence-electron chi connectivity index (χ2n) is 7.78. The summed E-state index contributed by atoms with van der Waals surface area (Å²) >= 11 is 0. The summed E-state index contributed by atoms with van der Waals surface area (Å²) < 4.78 is 11.4. The zero-order valence-corrected chi connectivity index (χ0v) is 15.6. The molecule has 3 nitrogen and oxygen atoms in total. The van der Waals surface area contributed by atoms with Gasteiger partial charge in [0.05, 0.1) is 7.11 Å². The fraction of sp³-hybridized carbons (Fsp3) is 0.500. The van der Waals surface area contributed by atoms with Gasteiger partial charge in [-0.1, -0.05) is 19.1 Å². The van der Waals surface area contributed by atoms with Crippen LogP contribution in [0.5, 0.6) is 5.75 Å². The first-order chi connectivity index (χ1) is 12.0. The average molecular weight is 338 g/mol. The normalized spacial score (nSPS) is 27.2. The summed E-state index contributed by atoms with van der Waals surface area (Å²) in [7, 11) is 1.76. The molecule has 1 aromatic rings. The molecule has 25 heavy (non-hydrogen) atoms. The number of hydrogen-bond donors (Lipinski definition) is 0. The minimum Gasteiger partial charge on any atom is -0.496 e. The number of rotatable bonds is 2. The Bertz CT molecular complexity index is 815. The molecule has 0 radical (unpaired) electrons. The topological polar surface area (TPSA) is 35.5 Å². The summed E-state index contributed by atoms with van der Waals surface area (Å²) in [6.07, 6.45) is 7.30. The first-order valence-corrected chi connectivity index (χ1v) is 9.23. The van der Waals surface area contributed by atoms with Gasteiger partial charge in [-0.2, -0.15) is 0 Å². The minimum atomic E-state index is -0.167. The van der Waals surface area contributed by atoms with Crippen molar-refractivity contribution < 1.29 is 14.3 Å². The van der Waals surface area contributed by atoms with Gasteiger partial charge in [-0.25, -0.2) is 0 Å². The fourth-order valence-electron chi connectivity index (χ4n) is 5.07. The van der Waals surface area contributed by atoms with Crippen molar-refractivity contribution in [2.45, 2.75) is 59.0 Å². The Morgan fingerprint density at radius 3 is 2.80 bits per heavy atom. The molecule has 0 saturated carbocycles. The minimum absolute atomic E-state index is 0.00856. The first kappa shape index (κ1) is 16.4. The molecule has 3 aliphatic carbocycles. The molecule has 0 aliphatic heterocycles. The number of carbonyl (C=O) groups is 1. The van der Waals surface area contributed by atoms with Gasteiger partial charge in [0.25, 0.3) is 0 Å². The lowest BCUT2D eigenvalue weighted by Crippen LogP contribution is -2.41. The van der Waals surface area contributed by atoms with E-state index in [-0.39, 0.29) is 17.5 Å². The zero-order chi connectivity index (χ0) is 17.8. The van der Waals surface area contributed by atoms with Gasteiger partial charge in [0, 0.05) is 17.9 Å². The van der Waals surface area contributed by atoms with Crippen molar-refractivity contribution in [1.29, 1.82) is 0 Å². The second kappa shape index (κ2) is 5.76. The number of esters is 1. The highest BCUT2D eigenvalue weighted by Crippen LogP contribution is 2.57. The Labute approximate surface area is 149 Å². The van der Waals surface area contributed by atoms with Crippen LogP contribution in [0.4, 0.5) is 0 Å². The van der Waals surface area contributed by atoms with Crippen molar-refractivity contribution in [2.75, 3.05) is 7.11 Å². The Morgan fingerprint density at radius 1 is 1.28 bits per heavy atom. The molecule has 2 atom stereocenters. The lowest BCUT2D eigenvalue weighted by molar-refractivity contribution is -0.152. The van der Waals surface area contributed by atoms with Crippen LogP contribution in [0.1, 0.15) is 56.2 Å². The van der Waals surface area contributed by atoms with E-state index in [1.54, 1.807) is 7.11 Å². The average Bonchev–Trinajstić information content (AvgIpc) is 2.96. The number of fused-ring (bicyclic) bond motifs is 4. The number of benzene rings is 1. The molecular weight excluding hydrogens is 312 g/mol. The van der Waals surface area contributed by atoms with Crippen molar-refractivity contribution in [3.05, 3.63) is 46.0 Å². The maximum atomic E-state index is 11.6. The Hall–Kier alpha value is -2.03. The van der Waals surface area contributed by atoms with Gasteiger partial charge >= 0.3 is 5.97 Å². The van der Waals surface area contributed by atoms with E-state index in [9.17, 15) is 4.79 Å². The maximum absolute atomic E-state index is 11.6. The lowest BCUT2D eigenvalue weighted by Gasteiger charge is -2.45. The van der Waals surface area contributed by atoms with E-state index in [4.69, 9.17) is 9.47 Å². The third-order valence-corrected chi connectivity index (χ3v) is 6.38. The Morgan fingerprint density at radius 2 is 2.08 bits per heavy atom. The van der Waals surface area contributed by atoms with Crippen LogP contribution in [0, 0.1) is 12.3 Å². The molecule has 0 N–H and O–H groups in total. The molecule has 0 spiro atoms. The standard InChI is InChI=1S/C22H26O3/c1-13-8-9-19(24-4)21-15-10-11-22(3)18(17(15)12-16(13)21)6-5-7-20(22)25-14(2)23/h6,8-9,20H,5,7,10-12H2,1-4H3/t20-,22-/m1/s1. The van der Waals surface area contributed by atoms with Crippen LogP contribution in [0.2, 0.25) is 0 Å². The molecule has 0 aromatic heterocycles. The van der Waals surface area contributed by atoms with Crippen LogP contribution in [0.15, 0.2) is 29.4 Å². The highest BCUT2D eigenvalue weighted by Gasteiger charge is 2.47. The van der Waals surface area contributed by atoms with Gasteiger partial charge in [-0.3, -0.25) is 4.79 Å². The van der Waals surface area contributed by atoms with E-state index in [0.29, 0.717) is 0 Å². The molecule has 4 rings (SSSR count). The predicted molar refractivity (Wildman–Crippen MR) is 98.6 cm³/mol. The molecule has 0 saturated heterocycles. The van der Waals surface area contributed by atoms with Gasteiger partial charge in [-0.05, 0) is 72.9 Å². The van der Waals surface area contributed by atoms with E-state index >= 15 is 0 Å². The van der Waals surface area contributed by atoms with E-state index < -0.39 is 0 Å². The summed E-state index contributed by atoms with van der Waals surface area (Å²) in [4.78, 5) is 11.6. The zero-order valence-electron chi connectivity index (χ0n) is 15.6. The van der Waals surface area contributed by atoms with Crippen LogP contribution in [-0.2, 0) is 16.0 Å².